The van der Waals surface area contributed by atoms with Crippen molar-refractivity contribution in [1.29, 1.82) is 0 Å². The van der Waals surface area contributed by atoms with Crippen LogP contribution in [-0.4, -0.2) is 33.0 Å². The van der Waals surface area contributed by atoms with Gasteiger partial charge in [0.2, 0.25) is 0 Å². The van der Waals surface area contributed by atoms with E-state index in [1.54, 1.807) is 30.4 Å². The number of rotatable bonds is 5. The van der Waals surface area contributed by atoms with Gasteiger partial charge in [0.1, 0.15) is 5.03 Å². The SMILES string of the molecule is NC(CO)(CSc1cnccn1)C1CC1. The molecule has 1 aliphatic rings. The lowest BCUT2D eigenvalue weighted by atomic mass is 9.99. The Morgan fingerprint density at radius 2 is 2.33 bits per heavy atom. The van der Waals surface area contributed by atoms with Crippen molar-refractivity contribution >= 4 is 11.8 Å². The Labute approximate surface area is 93.3 Å². The van der Waals surface area contributed by atoms with Gasteiger partial charge in [0.15, 0.2) is 0 Å². The van der Waals surface area contributed by atoms with Crippen molar-refractivity contribution in [3.05, 3.63) is 18.6 Å². The van der Waals surface area contributed by atoms with Crippen LogP contribution >= 0.6 is 11.8 Å². The zero-order valence-corrected chi connectivity index (χ0v) is 9.28. The van der Waals surface area contributed by atoms with Crippen LogP contribution in [0.5, 0.6) is 0 Å². The number of nitrogens with zero attached hydrogens (tertiary/aromatic N) is 2. The maximum absolute atomic E-state index is 9.30. The third-order valence-corrected chi connectivity index (χ3v) is 3.90. The van der Waals surface area contributed by atoms with E-state index in [0.29, 0.717) is 11.7 Å². The summed E-state index contributed by atoms with van der Waals surface area (Å²) in [5.41, 5.74) is 5.69. The summed E-state index contributed by atoms with van der Waals surface area (Å²) in [6, 6.07) is 0. The average Bonchev–Trinajstić information content (AvgIpc) is 3.11. The van der Waals surface area contributed by atoms with Crippen molar-refractivity contribution in [1.82, 2.24) is 9.97 Å². The monoisotopic (exact) mass is 225 g/mol. The molecule has 0 spiro atoms. The summed E-state index contributed by atoms with van der Waals surface area (Å²) in [4.78, 5) is 8.14. The minimum absolute atomic E-state index is 0.0466. The van der Waals surface area contributed by atoms with E-state index in [1.807, 2.05) is 0 Å². The van der Waals surface area contributed by atoms with Crippen molar-refractivity contribution in [3.8, 4) is 0 Å². The summed E-state index contributed by atoms with van der Waals surface area (Å²) in [6.07, 6.45) is 7.30. The molecule has 3 N–H and O–H groups in total. The van der Waals surface area contributed by atoms with Crippen molar-refractivity contribution in [2.24, 2.45) is 11.7 Å². The highest BCUT2D eigenvalue weighted by Gasteiger charge is 2.41. The van der Waals surface area contributed by atoms with Gasteiger partial charge in [0.05, 0.1) is 18.3 Å². The third-order valence-electron chi connectivity index (χ3n) is 2.71. The van der Waals surface area contributed by atoms with Gasteiger partial charge in [-0.05, 0) is 18.8 Å². The van der Waals surface area contributed by atoms with E-state index in [1.165, 1.54) is 0 Å². The normalized spacial score (nSPS) is 19.9. The van der Waals surface area contributed by atoms with Gasteiger partial charge in [-0.2, -0.15) is 0 Å². The summed E-state index contributed by atoms with van der Waals surface area (Å²) in [7, 11) is 0. The fourth-order valence-electron chi connectivity index (χ4n) is 1.52. The Hall–Kier alpha value is -0.650. The third kappa shape index (κ3) is 2.68. The molecule has 1 atom stereocenters. The van der Waals surface area contributed by atoms with Crippen molar-refractivity contribution in [2.75, 3.05) is 12.4 Å². The number of aliphatic hydroxyl groups excluding tert-OH is 1. The molecular weight excluding hydrogens is 210 g/mol. The highest BCUT2D eigenvalue weighted by Crippen LogP contribution is 2.40. The van der Waals surface area contributed by atoms with E-state index in [4.69, 9.17) is 5.73 Å². The van der Waals surface area contributed by atoms with Crippen LogP contribution in [0, 0.1) is 5.92 Å². The Morgan fingerprint density at radius 1 is 1.53 bits per heavy atom. The molecule has 0 aromatic carbocycles. The highest BCUT2D eigenvalue weighted by atomic mass is 32.2. The minimum Gasteiger partial charge on any atom is -0.394 e. The molecule has 0 amide bonds. The van der Waals surface area contributed by atoms with Gasteiger partial charge >= 0.3 is 0 Å². The number of nitrogens with two attached hydrogens (primary N) is 1. The second-order valence-corrected chi connectivity index (χ2v) is 4.99. The summed E-state index contributed by atoms with van der Waals surface area (Å²) < 4.78 is 0. The van der Waals surface area contributed by atoms with E-state index >= 15 is 0 Å². The topological polar surface area (TPSA) is 72.0 Å². The smallest absolute Gasteiger partial charge is 0.114 e. The first-order valence-corrected chi connectivity index (χ1v) is 6.02. The molecule has 0 saturated heterocycles. The molecule has 1 aromatic rings. The van der Waals surface area contributed by atoms with Gasteiger partial charge in [0.25, 0.3) is 0 Å². The number of aromatic nitrogens is 2. The lowest BCUT2D eigenvalue weighted by molar-refractivity contribution is 0.194. The number of hydrogen-bond acceptors (Lipinski definition) is 5. The van der Waals surface area contributed by atoms with Crippen LogP contribution in [0.2, 0.25) is 0 Å². The van der Waals surface area contributed by atoms with Gasteiger partial charge in [-0.1, -0.05) is 0 Å². The average molecular weight is 225 g/mol. The lowest BCUT2D eigenvalue weighted by Gasteiger charge is -2.26. The van der Waals surface area contributed by atoms with Crippen LogP contribution in [-0.2, 0) is 0 Å². The maximum Gasteiger partial charge on any atom is 0.114 e. The second-order valence-electron chi connectivity index (χ2n) is 4.00. The molecule has 5 heteroatoms. The molecule has 15 heavy (non-hydrogen) atoms. The van der Waals surface area contributed by atoms with Gasteiger partial charge in [-0.3, -0.25) is 4.98 Å². The number of hydrogen-bond donors (Lipinski definition) is 2. The van der Waals surface area contributed by atoms with Crippen molar-refractivity contribution < 1.29 is 5.11 Å². The quantitative estimate of drug-likeness (QED) is 0.721. The predicted octanol–water partition coefficient (Wildman–Crippen LogP) is 0.669. The zero-order chi connectivity index (χ0) is 10.7. The van der Waals surface area contributed by atoms with Gasteiger partial charge in [-0.15, -0.1) is 11.8 Å². The Morgan fingerprint density at radius 3 is 2.87 bits per heavy atom. The van der Waals surface area contributed by atoms with Crippen LogP contribution in [0.4, 0.5) is 0 Å². The van der Waals surface area contributed by atoms with E-state index in [2.05, 4.69) is 9.97 Å². The molecule has 1 aromatic heterocycles. The van der Waals surface area contributed by atoms with E-state index in [9.17, 15) is 5.11 Å². The number of thioether (sulfide) groups is 1. The highest BCUT2D eigenvalue weighted by molar-refractivity contribution is 7.99. The van der Waals surface area contributed by atoms with Crippen LogP contribution in [0.15, 0.2) is 23.6 Å². The zero-order valence-electron chi connectivity index (χ0n) is 8.47. The molecule has 82 valence electrons. The molecule has 0 radical (unpaired) electrons. The van der Waals surface area contributed by atoms with E-state index < -0.39 is 5.54 Å². The summed E-state index contributed by atoms with van der Waals surface area (Å²) in [5, 5.41) is 10.2. The van der Waals surface area contributed by atoms with E-state index in [0.717, 1.165) is 17.9 Å². The number of aliphatic hydroxyl groups is 1. The predicted molar refractivity (Wildman–Crippen MR) is 59.5 cm³/mol. The van der Waals surface area contributed by atoms with Crippen LogP contribution in [0.1, 0.15) is 12.8 Å². The first-order chi connectivity index (χ1) is 7.24. The molecule has 0 bridgehead atoms. The van der Waals surface area contributed by atoms with Crippen LogP contribution < -0.4 is 5.73 Å². The molecule has 1 aliphatic carbocycles. The summed E-state index contributed by atoms with van der Waals surface area (Å²) >= 11 is 1.56. The summed E-state index contributed by atoms with van der Waals surface area (Å²) in [5.74, 6) is 1.18. The molecule has 1 heterocycles. The molecule has 1 fully saturated rings. The van der Waals surface area contributed by atoms with Gasteiger partial charge in [-0.25, -0.2) is 4.98 Å². The van der Waals surface area contributed by atoms with Crippen LogP contribution in [0.25, 0.3) is 0 Å². The molecular formula is C10H15N3OS. The second kappa shape index (κ2) is 4.47. The van der Waals surface area contributed by atoms with Crippen molar-refractivity contribution in [2.45, 2.75) is 23.4 Å². The minimum atomic E-state index is -0.442. The van der Waals surface area contributed by atoms with Crippen molar-refractivity contribution in [3.63, 3.8) is 0 Å². The van der Waals surface area contributed by atoms with Gasteiger partial charge < -0.3 is 10.8 Å². The fourth-order valence-corrected chi connectivity index (χ4v) is 2.53. The summed E-state index contributed by atoms with van der Waals surface area (Å²) in [6.45, 7) is 0.0466. The maximum atomic E-state index is 9.30. The first kappa shape index (κ1) is 10.9. The van der Waals surface area contributed by atoms with Gasteiger partial charge in [0, 0.05) is 18.1 Å². The Bertz CT molecular complexity index is 318. The standard InChI is InChI=1S/C10H15N3OS/c11-10(6-14,8-1-2-8)7-15-9-5-12-3-4-13-9/h3-5,8,14H,1-2,6-7,11H2. The van der Waals surface area contributed by atoms with Crippen LogP contribution in [0.3, 0.4) is 0 Å². The molecule has 0 aliphatic heterocycles. The molecule has 1 saturated carbocycles. The molecule has 4 nitrogen and oxygen atoms in total. The Balaban J connectivity index is 1.91. The first-order valence-electron chi connectivity index (χ1n) is 5.03. The molecule has 2 rings (SSSR count). The molecule has 1 unspecified atom stereocenters. The Kier molecular flexibility index (Phi) is 3.23. The fraction of sp³-hybridized carbons (Fsp3) is 0.600. The lowest BCUT2D eigenvalue weighted by Crippen LogP contribution is -2.48. The van der Waals surface area contributed by atoms with E-state index in [-0.39, 0.29) is 6.61 Å². The largest absolute Gasteiger partial charge is 0.394 e.